The predicted molar refractivity (Wildman–Crippen MR) is 88.4 cm³/mol. The van der Waals surface area contributed by atoms with Gasteiger partial charge in [-0.3, -0.25) is 4.90 Å². The van der Waals surface area contributed by atoms with Crippen LogP contribution < -0.4 is 10.1 Å². The Kier molecular flexibility index (Phi) is 5.70. The molecule has 122 valence electrons. The molecular weight excluding hydrogens is 276 g/mol. The maximum absolute atomic E-state index is 5.56. The van der Waals surface area contributed by atoms with E-state index < -0.39 is 0 Å². The molecular formula is C18H28N2O2. The Bertz CT molecular complexity index is 466. The van der Waals surface area contributed by atoms with Crippen LogP contribution in [0.1, 0.15) is 24.0 Å². The molecule has 0 spiro atoms. The summed E-state index contributed by atoms with van der Waals surface area (Å²) in [6.45, 7) is 7.01. The van der Waals surface area contributed by atoms with Crippen molar-refractivity contribution in [2.45, 2.75) is 25.8 Å². The van der Waals surface area contributed by atoms with Gasteiger partial charge in [0, 0.05) is 25.2 Å². The molecule has 0 radical (unpaired) electrons. The van der Waals surface area contributed by atoms with Crippen molar-refractivity contribution in [1.29, 1.82) is 0 Å². The molecule has 2 fully saturated rings. The van der Waals surface area contributed by atoms with E-state index in [0.29, 0.717) is 0 Å². The molecule has 0 saturated carbocycles. The van der Waals surface area contributed by atoms with E-state index in [1.807, 2.05) is 0 Å². The Hall–Kier alpha value is -1.10. The number of benzene rings is 1. The maximum atomic E-state index is 5.56. The Morgan fingerprint density at radius 3 is 2.91 bits per heavy atom. The third kappa shape index (κ3) is 4.22. The van der Waals surface area contributed by atoms with Crippen LogP contribution in [0.25, 0.3) is 0 Å². The first-order valence-electron chi connectivity index (χ1n) is 8.52. The number of methoxy groups -OCH3 is 1. The molecule has 1 atom stereocenters. The number of nitrogens with one attached hydrogen (secondary N) is 1. The Morgan fingerprint density at radius 1 is 1.32 bits per heavy atom. The summed E-state index contributed by atoms with van der Waals surface area (Å²) in [5, 5.41) is 3.51. The summed E-state index contributed by atoms with van der Waals surface area (Å²) >= 11 is 0. The third-order valence-corrected chi connectivity index (χ3v) is 4.77. The van der Waals surface area contributed by atoms with Crippen molar-refractivity contribution in [2.75, 3.05) is 46.5 Å². The zero-order chi connectivity index (χ0) is 15.2. The van der Waals surface area contributed by atoms with Gasteiger partial charge in [0.2, 0.25) is 0 Å². The standard InChI is InChI=1S/C18H28N2O2/c1-21-18-5-4-15(11-16-3-2-6-19-13-16)12-17(18)14-20-7-9-22-10-8-20/h4-5,12,16,19H,2-3,6-11,13-14H2,1H3. The fourth-order valence-electron chi connectivity index (χ4n) is 3.51. The van der Waals surface area contributed by atoms with E-state index in [9.17, 15) is 0 Å². The van der Waals surface area contributed by atoms with E-state index in [2.05, 4.69) is 28.4 Å². The number of morpholine rings is 1. The molecule has 0 aliphatic carbocycles. The van der Waals surface area contributed by atoms with Gasteiger partial charge >= 0.3 is 0 Å². The molecule has 0 bridgehead atoms. The van der Waals surface area contributed by atoms with Crippen LogP contribution in [0, 0.1) is 5.92 Å². The molecule has 2 heterocycles. The monoisotopic (exact) mass is 304 g/mol. The van der Waals surface area contributed by atoms with Crippen LogP contribution in [0.5, 0.6) is 5.75 Å². The molecule has 0 amide bonds. The molecule has 2 saturated heterocycles. The first kappa shape index (κ1) is 15.8. The van der Waals surface area contributed by atoms with E-state index in [1.54, 1.807) is 7.11 Å². The summed E-state index contributed by atoms with van der Waals surface area (Å²) in [7, 11) is 1.77. The number of piperidine rings is 1. The van der Waals surface area contributed by atoms with Crippen molar-refractivity contribution in [1.82, 2.24) is 10.2 Å². The van der Waals surface area contributed by atoms with E-state index >= 15 is 0 Å². The van der Waals surface area contributed by atoms with Gasteiger partial charge in [-0.2, -0.15) is 0 Å². The average Bonchev–Trinajstić information content (AvgIpc) is 2.57. The van der Waals surface area contributed by atoms with Crippen molar-refractivity contribution in [2.24, 2.45) is 5.92 Å². The predicted octanol–water partition coefficient (Wildman–Crippen LogP) is 2.07. The van der Waals surface area contributed by atoms with Crippen LogP contribution >= 0.6 is 0 Å². The molecule has 1 N–H and O–H groups in total. The van der Waals surface area contributed by atoms with Gasteiger partial charge in [-0.25, -0.2) is 0 Å². The highest BCUT2D eigenvalue weighted by atomic mass is 16.5. The van der Waals surface area contributed by atoms with Gasteiger partial charge in [0.05, 0.1) is 20.3 Å². The van der Waals surface area contributed by atoms with Crippen molar-refractivity contribution < 1.29 is 9.47 Å². The van der Waals surface area contributed by atoms with E-state index in [-0.39, 0.29) is 0 Å². The lowest BCUT2D eigenvalue weighted by atomic mass is 9.91. The molecule has 1 aromatic carbocycles. The van der Waals surface area contributed by atoms with E-state index in [4.69, 9.17) is 9.47 Å². The SMILES string of the molecule is COc1ccc(CC2CCCNC2)cc1CN1CCOCC1. The molecule has 1 unspecified atom stereocenters. The Morgan fingerprint density at radius 2 is 2.18 bits per heavy atom. The first-order valence-corrected chi connectivity index (χ1v) is 8.52. The summed E-state index contributed by atoms with van der Waals surface area (Å²) in [6.07, 6.45) is 3.83. The average molecular weight is 304 g/mol. The minimum Gasteiger partial charge on any atom is -0.496 e. The summed E-state index contributed by atoms with van der Waals surface area (Å²) in [6, 6.07) is 6.72. The molecule has 4 heteroatoms. The van der Waals surface area contributed by atoms with Crippen LogP contribution in [0.4, 0.5) is 0 Å². The lowest BCUT2D eigenvalue weighted by Gasteiger charge is -2.27. The highest BCUT2D eigenvalue weighted by Gasteiger charge is 2.16. The second kappa shape index (κ2) is 7.95. The van der Waals surface area contributed by atoms with E-state index in [0.717, 1.165) is 51.1 Å². The van der Waals surface area contributed by atoms with Crippen molar-refractivity contribution >= 4 is 0 Å². The Labute approximate surface area is 133 Å². The van der Waals surface area contributed by atoms with Gasteiger partial charge < -0.3 is 14.8 Å². The highest BCUT2D eigenvalue weighted by molar-refractivity contribution is 5.37. The number of nitrogens with zero attached hydrogens (tertiary/aromatic N) is 1. The van der Waals surface area contributed by atoms with Gasteiger partial charge in [-0.15, -0.1) is 0 Å². The molecule has 2 aliphatic heterocycles. The minimum atomic E-state index is 0.776. The van der Waals surface area contributed by atoms with Gasteiger partial charge in [0.1, 0.15) is 5.75 Å². The second-order valence-corrected chi connectivity index (χ2v) is 6.45. The molecule has 1 aromatic rings. The topological polar surface area (TPSA) is 33.7 Å². The van der Waals surface area contributed by atoms with Gasteiger partial charge in [0.15, 0.2) is 0 Å². The zero-order valence-corrected chi connectivity index (χ0v) is 13.6. The zero-order valence-electron chi connectivity index (χ0n) is 13.6. The number of hydrogen-bond acceptors (Lipinski definition) is 4. The lowest BCUT2D eigenvalue weighted by Crippen LogP contribution is -2.35. The van der Waals surface area contributed by atoms with E-state index in [1.165, 1.54) is 36.9 Å². The van der Waals surface area contributed by atoms with Crippen LogP contribution in [-0.2, 0) is 17.7 Å². The van der Waals surface area contributed by atoms with Crippen LogP contribution in [0.2, 0.25) is 0 Å². The largest absolute Gasteiger partial charge is 0.496 e. The molecule has 3 rings (SSSR count). The fourth-order valence-corrected chi connectivity index (χ4v) is 3.51. The third-order valence-electron chi connectivity index (χ3n) is 4.77. The summed E-state index contributed by atoms with van der Waals surface area (Å²) in [5.74, 6) is 1.79. The van der Waals surface area contributed by atoms with Crippen molar-refractivity contribution in [3.63, 3.8) is 0 Å². The number of hydrogen-bond donors (Lipinski definition) is 1. The molecule has 4 nitrogen and oxygen atoms in total. The summed E-state index contributed by atoms with van der Waals surface area (Å²) < 4.78 is 11.0. The minimum absolute atomic E-state index is 0.776. The smallest absolute Gasteiger partial charge is 0.123 e. The normalized spacial score (nSPS) is 23.4. The lowest BCUT2D eigenvalue weighted by molar-refractivity contribution is 0.0339. The number of rotatable bonds is 5. The summed E-state index contributed by atoms with van der Waals surface area (Å²) in [4.78, 5) is 2.45. The maximum Gasteiger partial charge on any atom is 0.123 e. The number of ether oxygens (including phenoxy) is 2. The molecule has 0 aromatic heterocycles. The van der Waals surface area contributed by atoms with Gasteiger partial charge in [0.25, 0.3) is 0 Å². The van der Waals surface area contributed by atoms with Crippen molar-refractivity contribution in [3.8, 4) is 5.75 Å². The van der Waals surface area contributed by atoms with Crippen LogP contribution in [0.15, 0.2) is 18.2 Å². The second-order valence-electron chi connectivity index (χ2n) is 6.45. The fraction of sp³-hybridized carbons (Fsp3) is 0.667. The van der Waals surface area contributed by atoms with Gasteiger partial charge in [-0.1, -0.05) is 12.1 Å². The first-order chi connectivity index (χ1) is 10.8. The molecule has 22 heavy (non-hydrogen) atoms. The highest BCUT2D eigenvalue weighted by Crippen LogP contribution is 2.25. The Balaban J connectivity index is 1.67. The molecule has 2 aliphatic rings. The van der Waals surface area contributed by atoms with Crippen LogP contribution in [-0.4, -0.2) is 51.4 Å². The summed E-state index contributed by atoms with van der Waals surface area (Å²) in [5.41, 5.74) is 2.75. The quantitative estimate of drug-likeness (QED) is 0.903. The van der Waals surface area contributed by atoms with Gasteiger partial charge in [-0.05, 0) is 49.9 Å². The van der Waals surface area contributed by atoms with Crippen LogP contribution in [0.3, 0.4) is 0 Å². The van der Waals surface area contributed by atoms with Crippen molar-refractivity contribution in [3.05, 3.63) is 29.3 Å².